The van der Waals surface area contributed by atoms with E-state index in [9.17, 15) is 4.79 Å². The van der Waals surface area contributed by atoms with Crippen LogP contribution in [0.4, 0.5) is 0 Å². The van der Waals surface area contributed by atoms with Crippen molar-refractivity contribution in [3.8, 4) is 5.88 Å². The Morgan fingerprint density at radius 3 is 2.95 bits per heavy atom. The maximum absolute atomic E-state index is 12.0. The van der Waals surface area contributed by atoms with Crippen LogP contribution >= 0.6 is 11.8 Å². The van der Waals surface area contributed by atoms with Crippen molar-refractivity contribution >= 4 is 17.7 Å². The van der Waals surface area contributed by atoms with Crippen molar-refractivity contribution in [3.63, 3.8) is 0 Å². The fourth-order valence-electron chi connectivity index (χ4n) is 2.28. The summed E-state index contributed by atoms with van der Waals surface area (Å²) in [6.07, 6.45) is 6.83. The Kier molecular flexibility index (Phi) is 5.00. The molecule has 1 atom stereocenters. The first-order chi connectivity index (χ1) is 10.8. The summed E-state index contributed by atoms with van der Waals surface area (Å²) in [4.78, 5) is 16.2. The second-order valence-corrected chi connectivity index (χ2v) is 6.32. The van der Waals surface area contributed by atoms with Gasteiger partial charge in [-0.25, -0.2) is 4.98 Å². The van der Waals surface area contributed by atoms with Crippen LogP contribution in [0.3, 0.4) is 0 Å². The molecule has 5 nitrogen and oxygen atoms in total. The summed E-state index contributed by atoms with van der Waals surface area (Å²) in [6.45, 7) is 1.35. The fourth-order valence-corrected chi connectivity index (χ4v) is 3.37. The molecule has 1 aliphatic heterocycles. The van der Waals surface area contributed by atoms with E-state index >= 15 is 0 Å². The zero-order chi connectivity index (χ0) is 15.2. The summed E-state index contributed by atoms with van der Waals surface area (Å²) in [6, 6.07) is 7.46. The third-order valence-corrected chi connectivity index (χ3v) is 4.63. The highest BCUT2D eigenvalue weighted by Crippen LogP contribution is 2.21. The Bertz CT molecular complexity index is 592. The molecule has 2 aromatic heterocycles. The first kappa shape index (κ1) is 15.0. The Morgan fingerprint density at radius 2 is 2.27 bits per heavy atom. The van der Waals surface area contributed by atoms with Gasteiger partial charge in [-0.1, -0.05) is 0 Å². The first-order valence-electron chi connectivity index (χ1n) is 7.41. The second-order valence-electron chi connectivity index (χ2n) is 5.17. The molecule has 116 valence electrons. The molecule has 0 aliphatic carbocycles. The van der Waals surface area contributed by atoms with Gasteiger partial charge in [0.1, 0.15) is 6.10 Å². The predicted octanol–water partition coefficient (Wildman–Crippen LogP) is 2.20. The Morgan fingerprint density at radius 1 is 1.41 bits per heavy atom. The minimum absolute atomic E-state index is 0.109. The van der Waals surface area contributed by atoms with E-state index in [1.54, 1.807) is 18.3 Å². The molecule has 1 N–H and O–H groups in total. The van der Waals surface area contributed by atoms with Gasteiger partial charge in [0.15, 0.2) is 0 Å². The fraction of sp³-hybridized carbons (Fsp3) is 0.375. The number of aromatic nitrogens is 2. The van der Waals surface area contributed by atoms with Gasteiger partial charge in [0, 0.05) is 43.5 Å². The minimum atomic E-state index is -0.109. The third-order valence-electron chi connectivity index (χ3n) is 3.50. The number of carbonyl (C=O) groups excluding carboxylic acids is 1. The normalized spacial score (nSPS) is 17.4. The molecule has 1 saturated heterocycles. The van der Waals surface area contributed by atoms with E-state index in [0.717, 1.165) is 24.5 Å². The summed E-state index contributed by atoms with van der Waals surface area (Å²) >= 11 is 1.90. The lowest BCUT2D eigenvalue weighted by molar-refractivity contribution is 0.0952. The van der Waals surface area contributed by atoms with Crippen molar-refractivity contribution < 1.29 is 9.53 Å². The van der Waals surface area contributed by atoms with Gasteiger partial charge in [0.2, 0.25) is 5.88 Å². The highest BCUT2D eigenvalue weighted by Gasteiger charge is 2.17. The molecule has 6 heteroatoms. The number of amides is 1. The molecule has 1 fully saturated rings. The average Bonchev–Trinajstić information content (AvgIpc) is 3.21. The summed E-state index contributed by atoms with van der Waals surface area (Å²) in [5, 5.41) is 2.89. The van der Waals surface area contributed by atoms with Gasteiger partial charge in [-0.15, -0.1) is 0 Å². The zero-order valence-electron chi connectivity index (χ0n) is 12.3. The van der Waals surface area contributed by atoms with Gasteiger partial charge in [-0.3, -0.25) is 4.79 Å². The van der Waals surface area contributed by atoms with Crippen molar-refractivity contribution in [1.29, 1.82) is 0 Å². The quantitative estimate of drug-likeness (QED) is 0.887. The van der Waals surface area contributed by atoms with E-state index in [1.807, 2.05) is 40.9 Å². The molecule has 3 rings (SSSR count). The number of nitrogens with zero attached hydrogens (tertiary/aromatic N) is 2. The van der Waals surface area contributed by atoms with Crippen LogP contribution in [0.5, 0.6) is 5.88 Å². The maximum atomic E-state index is 12.0. The average molecular weight is 317 g/mol. The van der Waals surface area contributed by atoms with Gasteiger partial charge >= 0.3 is 0 Å². The monoisotopic (exact) mass is 317 g/mol. The molecule has 0 spiro atoms. The van der Waals surface area contributed by atoms with Crippen LogP contribution in [-0.2, 0) is 6.54 Å². The van der Waals surface area contributed by atoms with Gasteiger partial charge in [-0.05, 0) is 30.4 Å². The topological polar surface area (TPSA) is 56.2 Å². The van der Waals surface area contributed by atoms with E-state index in [0.29, 0.717) is 18.0 Å². The Labute approximate surface area is 134 Å². The van der Waals surface area contributed by atoms with E-state index in [4.69, 9.17) is 4.74 Å². The summed E-state index contributed by atoms with van der Waals surface area (Å²) in [5.74, 6) is 2.65. The molecule has 0 unspecified atom stereocenters. The molecular formula is C16H19N3O2S. The molecule has 0 aromatic carbocycles. The lowest BCUT2D eigenvalue weighted by atomic mass is 10.2. The number of ether oxygens (including phenoxy) is 1. The molecule has 0 radical (unpaired) electrons. The number of hydrogen-bond acceptors (Lipinski definition) is 4. The number of nitrogens with one attached hydrogen (secondary N) is 1. The van der Waals surface area contributed by atoms with Gasteiger partial charge in [-0.2, -0.15) is 11.8 Å². The zero-order valence-corrected chi connectivity index (χ0v) is 13.1. The number of carbonyl (C=O) groups is 1. The van der Waals surface area contributed by atoms with Crippen molar-refractivity contribution in [1.82, 2.24) is 14.9 Å². The lowest BCUT2D eigenvalue weighted by Gasteiger charge is -2.11. The second kappa shape index (κ2) is 7.35. The van der Waals surface area contributed by atoms with E-state index in [1.165, 1.54) is 0 Å². The maximum Gasteiger partial charge on any atom is 0.252 e. The van der Waals surface area contributed by atoms with Gasteiger partial charge in [0.25, 0.3) is 5.91 Å². The largest absolute Gasteiger partial charge is 0.473 e. The van der Waals surface area contributed by atoms with Crippen LogP contribution in [0.15, 0.2) is 42.9 Å². The van der Waals surface area contributed by atoms with Crippen molar-refractivity contribution in [3.05, 3.63) is 48.4 Å². The van der Waals surface area contributed by atoms with Gasteiger partial charge in [0.05, 0.1) is 5.56 Å². The molecule has 2 aromatic rings. The summed E-state index contributed by atoms with van der Waals surface area (Å²) < 4.78 is 7.80. The smallest absolute Gasteiger partial charge is 0.252 e. The van der Waals surface area contributed by atoms with Crippen LogP contribution < -0.4 is 10.1 Å². The van der Waals surface area contributed by atoms with Crippen molar-refractivity contribution in [2.24, 2.45) is 0 Å². The van der Waals surface area contributed by atoms with Crippen LogP contribution in [0.2, 0.25) is 0 Å². The number of hydrogen-bond donors (Lipinski definition) is 1. The number of thioether (sulfide) groups is 1. The SMILES string of the molecule is O=C(NCCn1cccc1)c1ccc(O[C@H]2CCSC2)nc1. The van der Waals surface area contributed by atoms with Crippen LogP contribution in [0.25, 0.3) is 0 Å². The minimum Gasteiger partial charge on any atom is -0.473 e. The van der Waals surface area contributed by atoms with Crippen molar-refractivity contribution in [2.75, 3.05) is 18.1 Å². The van der Waals surface area contributed by atoms with Crippen LogP contribution in [0, 0.1) is 0 Å². The Hall–Kier alpha value is -1.95. The van der Waals surface area contributed by atoms with Gasteiger partial charge < -0.3 is 14.6 Å². The molecule has 0 saturated carbocycles. The number of rotatable bonds is 6. The van der Waals surface area contributed by atoms with E-state index < -0.39 is 0 Å². The first-order valence-corrected chi connectivity index (χ1v) is 8.56. The lowest BCUT2D eigenvalue weighted by Crippen LogP contribution is -2.27. The molecule has 1 amide bonds. The summed E-state index contributed by atoms with van der Waals surface area (Å²) in [5.41, 5.74) is 0.556. The highest BCUT2D eigenvalue weighted by atomic mass is 32.2. The standard InChI is InChI=1S/C16H19N3O2S/c20-16(17-6-9-19-7-1-2-8-19)13-3-4-15(18-11-13)21-14-5-10-22-12-14/h1-4,7-8,11,14H,5-6,9-10,12H2,(H,17,20)/t14-/m0/s1. The van der Waals surface area contributed by atoms with Crippen LogP contribution in [-0.4, -0.2) is 39.6 Å². The molecule has 1 aliphatic rings. The predicted molar refractivity (Wildman–Crippen MR) is 87.4 cm³/mol. The molecule has 0 bridgehead atoms. The molecule has 22 heavy (non-hydrogen) atoms. The molecule has 3 heterocycles. The van der Waals surface area contributed by atoms with Crippen LogP contribution in [0.1, 0.15) is 16.8 Å². The highest BCUT2D eigenvalue weighted by molar-refractivity contribution is 7.99. The third kappa shape index (κ3) is 4.04. The van der Waals surface area contributed by atoms with E-state index in [2.05, 4.69) is 10.3 Å². The molecular weight excluding hydrogens is 298 g/mol. The number of pyridine rings is 1. The Balaban J connectivity index is 1.47. The van der Waals surface area contributed by atoms with E-state index in [-0.39, 0.29) is 12.0 Å². The summed E-state index contributed by atoms with van der Waals surface area (Å²) in [7, 11) is 0. The van der Waals surface area contributed by atoms with Crippen molar-refractivity contribution in [2.45, 2.75) is 19.1 Å².